The summed E-state index contributed by atoms with van der Waals surface area (Å²) in [7, 11) is 0. The van der Waals surface area contributed by atoms with Gasteiger partial charge in [0.15, 0.2) is 0 Å². The lowest BCUT2D eigenvalue weighted by atomic mass is 9.56. The van der Waals surface area contributed by atoms with Gasteiger partial charge in [0.25, 0.3) is 0 Å². The molecule has 3 heteroatoms. The molecule has 1 aromatic rings. The average molecular weight is 409 g/mol. The summed E-state index contributed by atoms with van der Waals surface area (Å²) < 4.78 is 0. The third-order valence-corrected chi connectivity index (χ3v) is 10.1. The topological polar surface area (TPSA) is 46.3 Å². The molecule has 30 heavy (non-hydrogen) atoms. The zero-order chi connectivity index (χ0) is 21.4. The Hall–Kier alpha value is -1.35. The summed E-state index contributed by atoms with van der Waals surface area (Å²) in [5, 5.41) is 0. The van der Waals surface area contributed by atoms with Crippen molar-refractivity contribution in [3.05, 3.63) is 35.9 Å². The molecule has 4 aliphatic carbocycles. The van der Waals surface area contributed by atoms with Gasteiger partial charge in [0.1, 0.15) is 0 Å². The van der Waals surface area contributed by atoms with E-state index in [1.54, 1.807) is 0 Å². The fourth-order valence-electron chi connectivity index (χ4n) is 8.57. The van der Waals surface area contributed by atoms with E-state index in [0.717, 1.165) is 32.4 Å². The number of hydrogen-bond donors (Lipinski definition) is 1. The number of piperidine rings is 1. The fraction of sp³-hybridized carbons (Fsp3) is 0.741. The van der Waals surface area contributed by atoms with Crippen molar-refractivity contribution in [1.82, 2.24) is 4.90 Å². The number of hydrogen-bond acceptors (Lipinski definition) is 2. The number of carbonyl (C=O) groups excluding carboxylic acids is 1. The molecule has 4 bridgehead atoms. The number of nitrogens with zero attached hydrogens (tertiary/aromatic N) is 1. The minimum atomic E-state index is -0.153. The first kappa shape index (κ1) is 20.5. The Morgan fingerprint density at radius 3 is 2.53 bits per heavy atom. The molecule has 3 nitrogen and oxygen atoms in total. The second kappa shape index (κ2) is 6.58. The van der Waals surface area contributed by atoms with Crippen LogP contribution in [0.3, 0.4) is 0 Å². The minimum Gasteiger partial charge on any atom is -0.342 e. The van der Waals surface area contributed by atoms with E-state index in [1.165, 1.54) is 31.2 Å². The zero-order valence-electron chi connectivity index (χ0n) is 19.4. The monoisotopic (exact) mass is 408 g/mol. The Morgan fingerprint density at radius 2 is 1.87 bits per heavy atom. The van der Waals surface area contributed by atoms with Gasteiger partial charge in [-0.2, -0.15) is 0 Å². The highest BCUT2D eigenvalue weighted by atomic mass is 16.2. The number of benzene rings is 1. The van der Waals surface area contributed by atoms with E-state index in [1.807, 2.05) is 0 Å². The summed E-state index contributed by atoms with van der Waals surface area (Å²) >= 11 is 0. The largest absolute Gasteiger partial charge is 0.342 e. The summed E-state index contributed by atoms with van der Waals surface area (Å²) in [6.07, 6.45) is 8.06. The van der Waals surface area contributed by atoms with Gasteiger partial charge < -0.3 is 10.6 Å². The highest BCUT2D eigenvalue weighted by molar-refractivity contribution is 5.85. The molecule has 6 atom stereocenters. The Kier molecular flexibility index (Phi) is 4.50. The van der Waals surface area contributed by atoms with Gasteiger partial charge in [0, 0.05) is 19.1 Å². The van der Waals surface area contributed by atoms with Gasteiger partial charge in [-0.3, -0.25) is 4.79 Å². The van der Waals surface area contributed by atoms with Crippen LogP contribution < -0.4 is 5.73 Å². The maximum atomic E-state index is 14.3. The van der Waals surface area contributed by atoms with Crippen molar-refractivity contribution < 1.29 is 4.79 Å². The second-order valence-electron chi connectivity index (χ2n) is 12.2. The van der Waals surface area contributed by atoms with Crippen LogP contribution in [0.15, 0.2) is 30.3 Å². The first-order chi connectivity index (χ1) is 14.2. The first-order valence-electron chi connectivity index (χ1n) is 12.3. The molecular formula is C27H40N2O. The standard InChI is InChI=1S/C27H40N2O/c1-5-12-25(4)20-14-26(19-9-7-6-8-10-19)16-21(25)27(15-20,17-26)23(30)29-13-11-22(28)24(2,3)18-29/h6-10,20-22H,5,11-18,28H2,1-4H3/t20-,21?,22-,25?,26?,27?/m0/s1. The van der Waals surface area contributed by atoms with Crippen molar-refractivity contribution in [3.8, 4) is 0 Å². The van der Waals surface area contributed by atoms with E-state index in [9.17, 15) is 4.79 Å². The molecule has 0 spiro atoms. The first-order valence-corrected chi connectivity index (χ1v) is 12.3. The molecular weight excluding hydrogens is 368 g/mol. The molecule has 4 saturated carbocycles. The molecule has 1 heterocycles. The van der Waals surface area contributed by atoms with Crippen LogP contribution in [0, 0.1) is 28.1 Å². The van der Waals surface area contributed by atoms with Crippen molar-refractivity contribution in [1.29, 1.82) is 0 Å². The molecule has 5 fully saturated rings. The van der Waals surface area contributed by atoms with Crippen molar-refractivity contribution in [2.45, 2.75) is 84.1 Å². The summed E-state index contributed by atoms with van der Waals surface area (Å²) in [6, 6.07) is 11.3. The normalized spacial score (nSPS) is 43.9. The SMILES string of the molecule is CCCC1(C)C2CC3(c4ccccc4)C[C@H]1CC2(C(=O)N1CC[C@H](N)C(C)(C)C1)C3. The van der Waals surface area contributed by atoms with Crippen molar-refractivity contribution in [3.63, 3.8) is 0 Å². The lowest BCUT2D eigenvalue weighted by Gasteiger charge is -2.48. The Morgan fingerprint density at radius 1 is 1.13 bits per heavy atom. The molecule has 1 aliphatic heterocycles. The Balaban J connectivity index is 1.53. The molecule has 2 N–H and O–H groups in total. The van der Waals surface area contributed by atoms with E-state index in [2.05, 4.69) is 62.9 Å². The van der Waals surface area contributed by atoms with E-state index in [4.69, 9.17) is 5.73 Å². The van der Waals surface area contributed by atoms with E-state index in [0.29, 0.717) is 23.2 Å². The molecule has 1 aromatic carbocycles. The minimum absolute atomic E-state index is 0.00398. The van der Waals surface area contributed by atoms with Crippen LogP contribution in [0.4, 0.5) is 0 Å². The molecule has 6 rings (SSSR count). The quantitative estimate of drug-likeness (QED) is 0.750. The van der Waals surface area contributed by atoms with Gasteiger partial charge in [-0.25, -0.2) is 0 Å². The van der Waals surface area contributed by atoms with Gasteiger partial charge in [0.2, 0.25) is 5.91 Å². The van der Waals surface area contributed by atoms with Crippen molar-refractivity contribution in [2.75, 3.05) is 13.1 Å². The van der Waals surface area contributed by atoms with Gasteiger partial charge in [-0.15, -0.1) is 0 Å². The number of rotatable bonds is 4. The highest BCUT2D eigenvalue weighted by Gasteiger charge is 2.74. The zero-order valence-corrected chi connectivity index (χ0v) is 19.4. The molecule has 1 saturated heterocycles. The highest BCUT2D eigenvalue weighted by Crippen LogP contribution is 2.77. The van der Waals surface area contributed by atoms with Crippen LogP contribution in [0.1, 0.15) is 78.2 Å². The average Bonchev–Trinajstić information content (AvgIpc) is 3.07. The third kappa shape index (κ3) is 2.63. The van der Waals surface area contributed by atoms with Crippen LogP contribution >= 0.6 is 0 Å². The Bertz CT molecular complexity index is 835. The number of likely N-dealkylation sites (tertiary alicyclic amines) is 1. The lowest BCUT2D eigenvalue weighted by Crippen LogP contribution is -2.57. The van der Waals surface area contributed by atoms with Crippen molar-refractivity contribution in [2.24, 2.45) is 33.8 Å². The van der Waals surface area contributed by atoms with Crippen LogP contribution in [-0.4, -0.2) is 29.9 Å². The molecule has 164 valence electrons. The van der Waals surface area contributed by atoms with Gasteiger partial charge in [0.05, 0.1) is 5.41 Å². The predicted molar refractivity (Wildman–Crippen MR) is 122 cm³/mol. The number of nitrogens with two attached hydrogens (primary N) is 1. The molecule has 0 aromatic heterocycles. The van der Waals surface area contributed by atoms with Crippen LogP contribution in [0.5, 0.6) is 0 Å². The smallest absolute Gasteiger partial charge is 0.229 e. The number of amides is 1. The molecule has 0 radical (unpaired) electrons. The van der Waals surface area contributed by atoms with Crippen LogP contribution in [0.2, 0.25) is 0 Å². The van der Waals surface area contributed by atoms with E-state index < -0.39 is 0 Å². The van der Waals surface area contributed by atoms with Crippen LogP contribution in [0.25, 0.3) is 0 Å². The third-order valence-electron chi connectivity index (χ3n) is 10.1. The molecule has 5 aliphatic rings. The lowest BCUT2D eigenvalue weighted by molar-refractivity contribution is -0.148. The van der Waals surface area contributed by atoms with Crippen LogP contribution in [-0.2, 0) is 10.2 Å². The maximum Gasteiger partial charge on any atom is 0.229 e. The molecule has 1 amide bonds. The maximum absolute atomic E-state index is 14.3. The summed E-state index contributed by atoms with van der Waals surface area (Å²) in [5.41, 5.74) is 8.26. The van der Waals surface area contributed by atoms with E-state index in [-0.39, 0.29) is 22.3 Å². The second-order valence-corrected chi connectivity index (χ2v) is 12.2. The summed E-state index contributed by atoms with van der Waals surface area (Å²) in [4.78, 5) is 16.5. The molecule has 4 unspecified atom stereocenters. The van der Waals surface area contributed by atoms with Gasteiger partial charge in [-0.05, 0) is 72.2 Å². The van der Waals surface area contributed by atoms with Crippen molar-refractivity contribution >= 4 is 5.91 Å². The summed E-state index contributed by atoms with van der Waals surface area (Å²) in [5.74, 6) is 1.67. The summed E-state index contributed by atoms with van der Waals surface area (Å²) in [6.45, 7) is 11.0. The predicted octanol–water partition coefficient (Wildman–Crippen LogP) is 5.14. The van der Waals surface area contributed by atoms with Gasteiger partial charge in [-0.1, -0.05) is 64.4 Å². The fourth-order valence-corrected chi connectivity index (χ4v) is 8.57. The van der Waals surface area contributed by atoms with Gasteiger partial charge >= 0.3 is 0 Å². The Labute approximate surface area is 182 Å². The number of carbonyl (C=O) groups is 1. The van der Waals surface area contributed by atoms with E-state index >= 15 is 0 Å².